The van der Waals surface area contributed by atoms with E-state index < -0.39 is 35.8 Å². The van der Waals surface area contributed by atoms with E-state index in [1.807, 2.05) is 45.1 Å². The largest absolute Gasteiger partial charge is 0.481 e. The monoisotopic (exact) mass is 456 g/mol. The van der Waals surface area contributed by atoms with Crippen molar-refractivity contribution in [2.45, 2.75) is 79.2 Å². The summed E-state index contributed by atoms with van der Waals surface area (Å²) in [5.74, 6) is -4.60. The fourth-order valence-corrected chi connectivity index (χ4v) is 3.29. The van der Waals surface area contributed by atoms with Gasteiger partial charge in [0.15, 0.2) is 0 Å². The van der Waals surface area contributed by atoms with Crippen LogP contribution in [0.25, 0.3) is 0 Å². The van der Waals surface area contributed by atoms with Crippen molar-refractivity contribution in [3.05, 3.63) is 24.3 Å². The van der Waals surface area contributed by atoms with Gasteiger partial charge in [0, 0.05) is 5.92 Å². The molecule has 5 unspecified atom stereocenters. The molecule has 0 saturated carbocycles. The van der Waals surface area contributed by atoms with Crippen molar-refractivity contribution in [1.29, 1.82) is 0 Å². The van der Waals surface area contributed by atoms with Gasteiger partial charge in [-0.05, 0) is 31.6 Å². The topological polar surface area (TPSA) is 138 Å². The van der Waals surface area contributed by atoms with E-state index in [0.29, 0.717) is 19.3 Å². The van der Waals surface area contributed by atoms with Crippen LogP contribution in [0.1, 0.15) is 73.1 Å². The van der Waals surface area contributed by atoms with Crippen LogP contribution in [0.15, 0.2) is 24.3 Å². The van der Waals surface area contributed by atoms with Gasteiger partial charge >= 0.3 is 17.9 Å². The molecule has 0 aromatic carbocycles. The van der Waals surface area contributed by atoms with Crippen molar-refractivity contribution in [2.24, 2.45) is 23.7 Å². The van der Waals surface area contributed by atoms with Gasteiger partial charge in [0.25, 0.3) is 6.47 Å². The zero-order valence-corrected chi connectivity index (χ0v) is 19.9. The minimum atomic E-state index is -1.06. The normalized spacial score (nSPS) is 21.2. The quantitative estimate of drug-likeness (QED) is 0.298. The Bertz CT molecular complexity index is 611. The molecule has 32 heavy (non-hydrogen) atoms. The number of rotatable bonds is 11. The second kappa shape index (κ2) is 19.1. The van der Waals surface area contributed by atoms with Crippen LogP contribution in [0.3, 0.4) is 0 Å². The van der Waals surface area contributed by atoms with E-state index >= 15 is 0 Å². The molecule has 1 aliphatic carbocycles. The highest BCUT2D eigenvalue weighted by molar-refractivity contribution is 5.78. The van der Waals surface area contributed by atoms with Crippen molar-refractivity contribution in [2.75, 3.05) is 0 Å². The number of carbonyl (C=O) groups is 4. The predicted octanol–water partition coefficient (Wildman–Crippen LogP) is 4.79. The molecule has 0 aromatic heterocycles. The summed E-state index contributed by atoms with van der Waals surface area (Å²) in [5, 5.41) is 26.5. The first-order valence-corrected chi connectivity index (χ1v) is 11.2. The molecule has 0 amide bonds. The van der Waals surface area contributed by atoms with Gasteiger partial charge in [-0.3, -0.25) is 19.2 Å². The van der Waals surface area contributed by atoms with E-state index in [9.17, 15) is 19.2 Å². The smallest absolute Gasteiger partial charge is 0.310 e. The van der Waals surface area contributed by atoms with Crippen LogP contribution >= 0.6 is 0 Å². The molecule has 5 atom stereocenters. The third-order valence-corrected chi connectivity index (χ3v) is 4.91. The SMILES string of the molecule is CCC.CCC1C=CCC(C(=O)O)C1OC=O.CCC=CC(CC)C(CC(=O)O)C(=O)O. The average Bonchev–Trinajstić information content (AvgIpc) is 2.74. The fourth-order valence-electron chi connectivity index (χ4n) is 3.29. The second-order valence-electron chi connectivity index (χ2n) is 7.54. The van der Waals surface area contributed by atoms with Crippen LogP contribution in [0.4, 0.5) is 0 Å². The van der Waals surface area contributed by atoms with E-state index in [1.54, 1.807) is 0 Å². The number of carboxylic acids is 3. The number of allylic oxidation sites excluding steroid dienone is 3. The van der Waals surface area contributed by atoms with Gasteiger partial charge in [-0.2, -0.15) is 0 Å². The number of hydrogen-bond donors (Lipinski definition) is 3. The summed E-state index contributed by atoms with van der Waals surface area (Å²) in [5.41, 5.74) is 0. The molecule has 1 rings (SSSR count). The Morgan fingerprint density at radius 3 is 2.06 bits per heavy atom. The van der Waals surface area contributed by atoms with Gasteiger partial charge in [-0.15, -0.1) is 0 Å². The lowest BCUT2D eigenvalue weighted by atomic mass is 9.82. The van der Waals surface area contributed by atoms with Crippen LogP contribution in [-0.4, -0.2) is 45.8 Å². The molecule has 0 heterocycles. The standard InChI is InChI=1S/C11H18O4.C10H14O4.C3H8/c1-3-5-6-8(4-2)9(11(14)15)7-10(12)13;1-2-7-4-3-5-8(10(12)13)9(7)14-6-11;1-3-2/h5-6,8-9H,3-4,7H2,1-2H3,(H,12,13)(H,14,15);3-4,6-9H,2,5H2,1H3,(H,12,13);3H2,1-2H3. The van der Waals surface area contributed by atoms with Crippen molar-refractivity contribution >= 4 is 24.4 Å². The fraction of sp³-hybridized carbons (Fsp3) is 0.667. The molecule has 0 aromatic rings. The van der Waals surface area contributed by atoms with Crippen molar-refractivity contribution in [3.63, 3.8) is 0 Å². The number of aliphatic carboxylic acids is 3. The highest BCUT2D eigenvalue weighted by Gasteiger charge is 2.35. The summed E-state index contributed by atoms with van der Waals surface area (Å²) >= 11 is 0. The van der Waals surface area contributed by atoms with Crippen LogP contribution in [-0.2, 0) is 23.9 Å². The number of hydrogen-bond acceptors (Lipinski definition) is 5. The third kappa shape index (κ3) is 12.9. The van der Waals surface area contributed by atoms with E-state index in [1.165, 1.54) is 6.42 Å². The minimum Gasteiger partial charge on any atom is -0.481 e. The maximum atomic E-state index is 10.9. The maximum absolute atomic E-state index is 10.9. The molecule has 8 heteroatoms. The lowest BCUT2D eigenvalue weighted by Crippen LogP contribution is -2.37. The summed E-state index contributed by atoms with van der Waals surface area (Å²) in [6.45, 7) is 10.3. The molecule has 0 radical (unpaired) electrons. The second-order valence-corrected chi connectivity index (χ2v) is 7.54. The Kier molecular flexibility index (Phi) is 18.8. The average molecular weight is 457 g/mol. The van der Waals surface area contributed by atoms with Gasteiger partial charge in [-0.25, -0.2) is 0 Å². The van der Waals surface area contributed by atoms with Gasteiger partial charge in [-0.1, -0.05) is 65.3 Å². The molecular weight excluding hydrogens is 416 g/mol. The van der Waals surface area contributed by atoms with E-state index in [4.69, 9.17) is 20.1 Å². The zero-order valence-electron chi connectivity index (χ0n) is 19.9. The molecule has 1 aliphatic rings. The van der Waals surface area contributed by atoms with Crippen LogP contribution in [0.5, 0.6) is 0 Å². The van der Waals surface area contributed by atoms with Crippen LogP contribution in [0, 0.1) is 23.7 Å². The first-order valence-electron chi connectivity index (χ1n) is 11.2. The summed E-state index contributed by atoms with van der Waals surface area (Å²) in [7, 11) is 0. The van der Waals surface area contributed by atoms with Gasteiger partial charge in [0.2, 0.25) is 0 Å². The van der Waals surface area contributed by atoms with Gasteiger partial charge in [0.05, 0.1) is 18.3 Å². The maximum Gasteiger partial charge on any atom is 0.310 e. The van der Waals surface area contributed by atoms with Crippen molar-refractivity contribution in [3.8, 4) is 0 Å². The number of ether oxygens (including phenoxy) is 1. The first-order chi connectivity index (χ1) is 15.1. The molecule has 0 bridgehead atoms. The van der Waals surface area contributed by atoms with E-state index in [0.717, 1.165) is 12.8 Å². The molecule has 3 N–H and O–H groups in total. The highest BCUT2D eigenvalue weighted by atomic mass is 16.5. The lowest BCUT2D eigenvalue weighted by molar-refractivity contribution is -0.153. The summed E-state index contributed by atoms with van der Waals surface area (Å²) in [6.07, 6.45) is 10.6. The van der Waals surface area contributed by atoms with E-state index in [-0.39, 0.29) is 18.3 Å². The molecular formula is C24H40O8. The van der Waals surface area contributed by atoms with Crippen LogP contribution in [0.2, 0.25) is 0 Å². The molecule has 0 saturated heterocycles. The summed E-state index contributed by atoms with van der Waals surface area (Å²) in [6, 6.07) is 0. The molecule has 0 fully saturated rings. The Hall–Kier alpha value is -2.64. The third-order valence-electron chi connectivity index (χ3n) is 4.91. The Labute approximate surface area is 191 Å². The van der Waals surface area contributed by atoms with E-state index in [2.05, 4.69) is 13.8 Å². The molecule has 184 valence electrons. The molecule has 0 aliphatic heterocycles. The van der Waals surface area contributed by atoms with Crippen molar-refractivity contribution < 1.29 is 39.2 Å². The Morgan fingerprint density at radius 2 is 1.69 bits per heavy atom. The van der Waals surface area contributed by atoms with Crippen LogP contribution < -0.4 is 0 Å². The van der Waals surface area contributed by atoms with Crippen molar-refractivity contribution in [1.82, 2.24) is 0 Å². The zero-order chi connectivity index (χ0) is 25.1. The Morgan fingerprint density at radius 1 is 1.09 bits per heavy atom. The predicted molar refractivity (Wildman–Crippen MR) is 122 cm³/mol. The minimum absolute atomic E-state index is 0.0232. The summed E-state index contributed by atoms with van der Waals surface area (Å²) < 4.78 is 4.85. The highest BCUT2D eigenvalue weighted by Crippen LogP contribution is 2.28. The van der Waals surface area contributed by atoms with Gasteiger partial charge in [0.1, 0.15) is 6.10 Å². The number of carbonyl (C=O) groups excluding carboxylic acids is 1. The molecule has 0 spiro atoms. The first kappa shape index (κ1) is 31.5. The molecule has 8 nitrogen and oxygen atoms in total. The number of carboxylic acid groups (broad SMARTS) is 3. The lowest BCUT2D eigenvalue weighted by Gasteiger charge is -2.30. The van der Waals surface area contributed by atoms with Gasteiger partial charge < -0.3 is 20.1 Å². The Balaban J connectivity index is 0. The summed E-state index contributed by atoms with van der Waals surface area (Å²) in [4.78, 5) is 42.6.